The van der Waals surface area contributed by atoms with Crippen molar-refractivity contribution in [2.24, 2.45) is 5.92 Å². The van der Waals surface area contributed by atoms with E-state index in [1.165, 1.54) is 16.5 Å². The van der Waals surface area contributed by atoms with Gasteiger partial charge < -0.3 is 10.3 Å². The zero-order valence-electron chi connectivity index (χ0n) is 21.0. The molecule has 0 atom stereocenters. The van der Waals surface area contributed by atoms with Crippen LogP contribution in [0.25, 0.3) is 10.9 Å². The van der Waals surface area contributed by atoms with Crippen molar-refractivity contribution in [3.63, 3.8) is 0 Å². The second kappa shape index (κ2) is 12.8. The lowest BCUT2D eigenvalue weighted by atomic mass is 9.72. The van der Waals surface area contributed by atoms with Gasteiger partial charge in [0, 0.05) is 40.6 Å². The average molecular weight is 517 g/mol. The summed E-state index contributed by atoms with van der Waals surface area (Å²) in [5.41, 5.74) is 3.98. The van der Waals surface area contributed by atoms with Gasteiger partial charge in [0.1, 0.15) is 0 Å². The number of nitrogens with zero attached hydrogens (tertiary/aromatic N) is 1. The highest BCUT2D eigenvalue weighted by Gasteiger charge is 2.38. The molecule has 0 radical (unpaired) electrons. The molecule has 0 bridgehead atoms. The summed E-state index contributed by atoms with van der Waals surface area (Å²) in [6.45, 7) is 0.813. The number of fused-ring (bicyclic) bond motifs is 1. The second-order valence-electron chi connectivity index (χ2n) is 10.1. The molecule has 3 aromatic rings. The third-order valence-corrected chi connectivity index (χ3v) is 8.00. The number of rotatable bonds is 10. The molecule has 4 nitrogen and oxygen atoms in total. The first-order chi connectivity index (χ1) is 16.5. The largest absolute Gasteiger partial charge is 0.361 e. The summed E-state index contributed by atoms with van der Waals surface area (Å²) in [6, 6.07) is 16.9. The number of benzene rings is 2. The van der Waals surface area contributed by atoms with Crippen LogP contribution in [0.1, 0.15) is 62.5 Å². The Morgan fingerprint density at radius 2 is 1.83 bits per heavy atom. The van der Waals surface area contributed by atoms with Crippen LogP contribution in [-0.4, -0.2) is 36.4 Å². The van der Waals surface area contributed by atoms with E-state index in [-0.39, 0.29) is 23.9 Å². The quantitative estimate of drug-likeness (QED) is 0.282. The molecule has 1 heterocycles. The van der Waals surface area contributed by atoms with Gasteiger partial charge >= 0.3 is 0 Å². The Morgan fingerprint density at radius 3 is 2.54 bits per heavy atom. The van der Waals surface area contributed by atoms with Gasteiger partial charge in [-0.2, -0.15) is 0 Å². The van der Waals surface area contributed by atoms with Gasteiger partial charge in [0.05, 0.1) is 0 Å². The van der Waals surface area contributed by atoms with Crippen molar-refractivity contribution in [1.29, 1.82) is 0 Å². The van der Waals surface area contributed by atoms with E-state index in [9.17, 15) is 4.79 Å². The fourth-order valence-electron chi connectivity index (χ4n) is 5.58. The lowest BCUT2D eigenvalue weighted by molar-refractivity contribution is -0.121. The first-order valence-electron chi connectivity index (χ1n) is 12.7. The fraction of sp³-hybridized carbons (Fsp3) is 0.483. The molecule has 0 aliphatic heterocycles. The molecule has 190 valence electrons. The van der Waals surface area contributed by atoms with Crippen molar-refractivity contribution < 1.29 is 4.79 Å². The van der Waals surface area contributed by atoms with Crippen LogP contribution in [0.5, 0.6) is 0 Å². The smallest absolute Gasteiger partial charge is 0.220 e. The summed E-state index contributed by atoms with van der Waals surface area (Å²) in [5.74, 6) is 0.779. The predicted molar refractivity (Wildman–Crippen MR) is 150 cm³/mol. The molecule has 1 fully saturated rings. The van der Waals surface area contributed by atoms with Crippen LogP contribution in [0, 0.1) is 5.92 Å². The monoisotopic (exact) mass is 515 g/mol. The lowest BCUT2D eigenvalue weighted by Crippen LogP contribution is -2.45. The number of aryl methyl sites for hydroxylation is 1. The molecule has 0 saturated heterocycles. The molecule has 1 aliphatic rings. The van der Waals surface area contributed by atoms with Gasteiger partial charge in [0.2, 0.25) is 5.91 Å². The van der Waals surface area contributed by atoms with Crippen LogP contribution in [0.2, 0.25) is 5.02 Å². The standard InChI is InChI=1S/C29H38ClN3O.ClH/c1-33(2)29(24-10-6-4-7-11-24)17-15-22(16-18-29)20-32-28(34)12-8-3-5-9-23-21-31-27-14-13-25(30)19-26(23)27;/h4,6-7,10-11,13-14,19,21-22,31H,3,5,8-9,12,15-18,20H2,1-2H3,(H,32,34);1H. The van der Waals surface area contributed by atoms with Crippen LogP contribution >= 0.6 is 24.0 Å². The third-order valence-electron chi connectivity index (χ3n) is 7.77. The molecule has 1 amide bonds. The van der Waals surface area contributed by atoms with Crippen LogP contribution < -0.4 is 5.32 Å². The minimum atomic E-state index is 0. The fourth-order valence-corrected chi connectivity index (χ4v) is 5.76. The number of hydrogen-bond acceptors (Lipinski definition) is 2. The number of carbonyl (C=O) groups excluding carboxylic acids is 1. The van der Waals surface area contributed by atoms with Crippen LogP contribution in [0.3, 0.4) is 0 Å². The van der Waals surface area contributed by atoms with Crippen molar-refractivity contribution in [1.82, 2.24) is 15.2 Å². The molecular weight excluding hydrogens is 477 g/mol. The summed E-state index contributed by atoms with van der Waals surface area (Å²) < 4.78 is 0. The summed E-state index contributed by atoms with van der Waals surface area (Å²) in [7, 11) is 4.39. The van der Waals surface area contributed by atoms with Gasteiger partial charge in [-0.1, -0.05) is 48.4 Å². The lowest BCUT2D eigenvalue weighted by Gasteiger charge is -2.45. The Kier molecular flexibility index (Phi) is 10.1. The SMILES string of the molecule is CN(C)C1(c2ccccc2)CCC(CNC(=O)CCCCCc2c[nH]c3ccc(Cl)cc23)CC1.Cl. The first kappa shape index (κ1) is 27.6. The van der Waals surface area contributed by atoms with E-state index in [2.05, 4.69) is 65.8 Å². The third kappa shape index (κ3) is 6.81. The Labute approximate surface area is 221 Å². The Bertz CT molecular complexity index is 1070. The van der Waals surface area contributed by atoms with E-state index < -0.39 is 0 Å². The molecule has 0 unspecified atom stereocenters. The summed E-state index contributed by atoms with van der Waals surface area (Å²) >= 11 is 6.15. The van der Waals surface area contributed by atoms with Gasteiger partial charge in [-0.3, -0.25) is 9.69 Å². The normalized spacial score (nSPS) is 20.1. The molecule has 35 heavy (non-hydrogen) atoms. The maximum atomic E-state index is 12.4. The minimum Gasteiger partial charge on any atom is -0.361 e. The second-order valence-corrected chi connectivity index (χ2v) is 10.5. The molecular formula is C29H39Cl2N3O. The molecule has 1 saturated carbocycles. The maximum absolute atomic E-state index is 12.4. The topological polar surface area (TPSA) is 48.1 Å². The van der Waals surface area contributed by atoms with Crippen LogP contribution in [-0.2, 0) is 16.8 Å². The van der Waals surface area contributed by atoms with Gasteiger partial charge in [-0.25, -0.2) is 0 Å². The van der Waals surface area contributed by atoms with Gasteiger partial charge in [0.25, 0.3) is 0 Å². The van der Waals surface area contributed by atoms with E-state index in [0.717, 1.165) is 68.5 Å². The Hall–Kier alpha value is -2.01. The summed E-state index contributed by atoms with van der Waals surface area (Å²) in [4.78, 5) is 18.1. The molecule has 0 spiro atoms. The highest BCUT2D eigenvalue weighted by molar-refractivity contribution is 6.31. The molecule has 1 aromatic heterocycles. The van der Waals surface area contributed by atoms with Crippen LogP contribution in [0.4, 0.5) is 0 Å². The number of nitrogens with one attached hydrogen (secondary N) is 2. The minimum absolute atomic E-state index is 0. The highest BCUT2D eigenvalue weighted by atomic mass is 35.5. The van der Waals surface area contributed by atoms with Crippen molar-refractivity contribution >= 4 is 40.8 Å². The number of aromatic amines is 1. The van der Waals surface area contributed by atoms with Gasteiger partial charge in [0.15, 0.2) is 0 Å². The number of H-pyrrole nitrogens is 1. The zero-order valence-corrected chi connectivity index (χ0v) is 22.6. The molecule has 1 aliphatic carbocycles. The molecule has 6 heteroatoms. The number of hydrogen-bond donors (Lipinski definition) is 2. The molecule has 2 N–H and O–H groups in total. The van der Waals surface area contributed by atoms with Crippen molar-refractivity contribution in [3.8, 4) is 0 Å². The highest BCUT2D eigenvalue weighted by Crippen LogP contribution is 2.42. The van der Waals surface area contributed by atoms with Gasteiger partial charge in [-0.05, 0) is 94.3 Å². The predicted octanol–water partition coefficient (Wildman–Crippen LogP) is 7.11. The maximum Gasteiger partial charge on any atom is 0.220 e. The summed E-state index contributed by atoms with van der Waals surface area (Å²) in [5, 5.41) is 5.20. The summed E-state index contributed by atoms with van der Waals surface area (Å²) in [6.07, 6.45) is 11.4. The first-order valence-corrected chi connectivity index (χ1v) is 13.1. The van der Waals surface area contributed by atoms with E-state index in [1.54, 1.807) is 0 Å². The number of halogens is 2. The Morgan fingerprint density at radius 1 is 1.09 bits per heavy atom. The van der Waals surface area contributed by atoms with Crippen molar-refractivity contribution in [2.45, 2.75) is 63.3 Å². The Balaban J connectivity index is 0.00000342. The number of amides is 1. The number of unbranched alkanes of at least 4 members (excludes halogenated alkanes) is 2. The van der Waals surface area contributed by atoms with Gasteiger partial charge in [-0.15, -0.1) is 12.4 Å². The van der Waals surface area contributed by atoms with E-state index in [4.69, 9.17) is 11.6 Å². The molecule has 2 aromatic carbocycles. The van der Waals surface area contributed by atoms with E-state index in [0.29, 0.717) is 12.3 Å². The molecule has 4 rings (SSSR count). The average Bonchev–Trinajstić information content (AvgIpc) is 3.25. The van der Waals surface area contributed by atoms with E-state index >= 15 is 0 Å². The van der Waals surface area contributed by atoms with Crippen molar-refractivity contribution in [3.05, 3.63) is 70.9 Å². The number of carbonyl (C=O) groups is 1. The van der Waals surface area contributed by atoms with Crippen LogP contribution in [0.15, 0.2) is 54.7 Å². The van der Waals surface area contributed by atoms with E-state index in [1.807, 2.05) is 18.2 Å². The zero-order chi connectivity index (χ0) is 24.0. The van der Waals surface area contributed by atoms with Crippen molar-refractivity contribution in [2.75, 3.05) is 20.6 Å². The number of aromatic nitrogens is 1.